The number of nitrogens with zero attached hydrogens (tertiary/aromatic N) is 2. The minimum Gasteiger partial charge on any atom is -0.484 e. The van der Waals surface area contributed by atoms with Gasteiger partial charge in [-0.2, -0.15) is 9.57 Å². The van der Waals surface area contributed by atoms with E-state index < -0.39 is 46.2 Å². The van der Waals surface area contributed by atoms with Crippen molar-refractivity contribution in [3.63, 3.8) is 0 Å². The second-order valence-electron chi connectivity index (χ2n) is 7.16. The molecule has 8 nitrogen and oxygen atoms in total. The monoisotopic (exact) mass is 477 g/mol. The molecule has 12 heteroatoms. The number of aliphatic hydroxyl groups excluding tert-OH is 1. The molecule has 3 N–H and O–H groups in total. The van der Waals surface area contributed by atoms with E-state index in [-0.39, 0.29) is 27.2 Å². The molecule has 0 bridgehead atoms. The molecule has 0 radical (unpaired) electrons. The Balaban J connectivity index is 1.86. The average Bonchev–Trinajstić information content (AvgIpc) is 3.02. The van der Waals surface area contributed by atoms with Crippen molar-refractivity contribution >= 4 is 33.2 Å². The largest absolute Gasteiger partial charge is 0.484 e. The Kier molecular flexibility index (Phi) is 6.08. The van der Waals surface area contributed by atoms with Crippen molar-refractivity contribution in [3.8, 4) is 6.07 Å². The van der Waals surface area contributed by atoms with Crippen LogP contribution in [0.2, 0.25) is 10.0 Å². The highest BCUT2D eigenvalue weighted by Gasteiger charge is 2.51. The van der Waals surface area contributed by atoms with Crippen molar-refractivity contribution in [3.05, 3.63) is 52.1 Å². The Morgan fingerprint density at radius 2 is 2.17 bits per heavy atom. The molecule has 30 heavy (non-hydrogen) atoms. The number of β-amino-alcohol motifs (C(OH)–C–C–N with tert-alkyl or cyclic N) is 1. The van der Waals surface area contributed by atoms with Gasteiger partial charge in [-0.15, -0.1) is 0 Å². The van der Waals surface area contributed by atoms with Crippen LogP contribution < -0.4 is 5.32 Å². The molecule has 1 fully saturated rings. The molecule has 162 valence electrons. The summed E-state index contributed by atoms with van der Waals surface area (Å²) in [5, 5.41) is 32.2. The third kappa shape index (κ3) is 4.01. The summed E-state index contributed by atoms with van der Waals surface area (Å²) >= 11 is 11.8. The first kappa shape index (κ1) is 22.8. The standard InChI is InChI=1S/C18H18Cl2FN3O5S/c1-17(8-22)15(21)5-12(6-23-17)29-16-7-24(9-18(16,26)10-25)30(27,28)14-3-2-11(19)4-13(14)20/h2-6,16,23,25-26H,7,9-10H2,1H3/t16-,17?,18+/m0/s1. The van der Waals surface area contributed by atoms with Crippen LogP contribution in [0.1, 0.15) is 6.92 Å². The van der Waals surface area contributed by atoms with E-state index in [2.05, 4.69) is 5.32 Å². The van der Waals surface area contributed by atoms with E-state index in [0.29, 0.717) is 0 Å². The van der Waals surface area contributed by atoms with Gasteiger partial charge in [-0.3, -0.25) is 0 Å². The molecule has 3 rings (SSSR count). The van der Waals surface area contributed by atoms with E-state index in [9.17, 15) is 23.0 Å². The molecule has 2 aliphatic rings. The van der Waals surface area contributed by atoms with Gasteiger partial charge in [-0.05, 0) is 25.1 Å². The number of benzene rings is 1. The zero-order chi connectivity index (χ0) is 22.3. The maximum Gasteiger partial charge on any atom is 0.244 e. The lowest BCUT2D eigenvalue weighted by atomic mass is 9.99. The maximum atomic E-state index is 14.2. The summed E-state index contributed by atoms with van der Waals surface area (Å²) in [4.78, 5) is -0.219. The van der Waals surface area contributed by atoms with Crippen molar-refractivity contribution in [2.24, 2.45) is 0 Å². The van der Waals surface area contributed by atoms with E-state index in [1.54, 1.807) is 6.07 Å². The van der Waals surface area contributed by atoms with E-state index in [1.165, 1.54) is 31.3 Å². The molecule has 1 unspecified atom stereocenters. The van der Waals surface area contributed by atoms with Crippen LogP contribution in [0.15, 0.2) is 47.0 Å². The molecular weight excluding hydrogens is 460 g/mol. The molecule has 2 aliphatic heterocycles. The van der Waals surface area contributed by atoms with Gasteiger partial charge >= 0.3 is 0 Å². The Labute approximate surface area is 182 Å². The van der Waals surface area contributed by atoms with Crippen LogP contribution in [-0.4, -0.2) is 59.9 Å². The highest BCUT2D eigenvalue weighted by atomic mass is 35.5. The number of dihydropyridines is 1. The summed E-state index contributed by atoms with van der Waals surface area (Å²) in [6.07, 6.45) is 0.981. The van der Waals surface area contributed by atoms with Crippen LogP contribution in [0.3, 0.4) is 0 Å². The van der Waals surface area contributed by atoms with E-state index >= 15 is 0 Å². The number of halogens is 3. The number of hydrogen-bond donors (Lipinski definition) is 3. The summed E-state index contributed by atoms with van der Waals surface area (Å²) in [6.45, 7) is -0.282. The lowest BCUT2D eigenvalue weighted by molar-refractivity contribution is -0.0832. The zero-order valence-corrected chi connectivity index (χ0v) is 18.0. The van der Waals surface area contributed by atoms with Crippen molar-refractivity contribution in [1.29, 1.82) is 5.26 Å². The van der Waals surface area contributed by atoms with Gasteiger partial charge in [0.25, 0.3) is 0 Å². The minimum absolute atomic E-state index is 0.0686. The summed E-state index contributed by atoms with van der Waals surface area (Å²) in [6, 6.07) is 5.65. The smallest absolute Gasteiger partial charge is 0.244 e. The molecule has 3 atom stereocenters. The molecule has 0 aliphatic carbocycles. The highest BCUT2D eigenvalue weighted by Crippen LogP contribution is 2.35. The van der Waals surface area contributed by atoms with Crippen molar-refractivity contribution < 1.29 is 27.8 Å². The molecular formula is C18H18Cl2FN3O5S. The predicted octanol–water partition coefficient (Wildman–Crippen LogP) is 1.69. The zero-order valence-electron chi connectivity index (χ0n) is 15.6. The molecule has 0 saturated carbocycles. The van der Waals surface area contributed by atoms with Crippen LogP contribution in [-0.2, 0) is 14.8 Å². The molecule has 1 aromatic rings. The van der Waals surface area contributed by atoms with E-state index in [4.69, 9.17) is 33.2 Å². The first-order chi connectivity index (χ1) is 13.9. The fourth-order valence-corrected chi connectivity index (χ4v) is 5.29. The number of allylic oxidation sites excluding steroid dienone is 1. The van der Waals surface area contributed by atoms with Gasteiger partial charge in [0.1, 0.15) is 28.2 Å². The lowest BCUT2D eigenvalue weighted by Gasteiger charge is -2.30. The summed E-state index contributed by atoms with van der Waals surface area (Å²) in [5.41, 5.74) is -3.51. The first-order valence-corrected chi connectivity index (χ1v) is 10.9. The van der Waals surface area contributed by atoms with Crippen LogP contribution in [0.5, 0.6) is 0 Å². The second-order valence-corrected chi connectivity index (χ2v) is 9.91. The first-order valence-electron chi connectivity index (χ1n) is 8.67. The normalized spacial score (nSPS) is 29.6. The number of nitrogens with one attached hydrogen (secondary N) is 1. The van der Waals surface area contributed by atoms with E-state index in [1.807, 2.05) is 0 Å². The van der Waals surface area contributed by atoms with Gasteiger partial charge in [0.2, 0.25) is 10.0 Å². The van der Waals surface area contributed by atoms with Crippen LogP contribution >= 0.6 is 23.2 Å². The molecule has 2 heterocycles. The quantitative estimate of drug-likeness (QED) is 0.589. The number of sulfonamides is 1. The SMILES string of the molecule is CC1(C#N)NC=C(O[C@H]2CN(S(=O)(=O)c3ccc(Cl)cc3Cl)C[C@@]2(O)CO)C=C1F. The third-order valence-electron chi connectivity index (χ3n) is 4.96. The molecule has 1 saturated heterocycles. The molecule has 0 spiro atoms. The second kappa shape index (κ2) is 8.00. The van der Waals surface area contributed by atoms with Crippen molar-refractivity contribution in [2.75, 3.05) is 19.7 Å². The molecule has 0 aromatic heterocycles. The summed E-state index contributed by atoms with van der Waals surface area (Å²) < 4.78 is 46.7. The lowest BCUT2D eigenvalue weighted by Crippen LogP contribution is -2.47. The Hall–Kier alpha value is -1.87. The van der Waals surface area contributed by atoms with Gasteiger partial charge in [-0.25, -0.2) is 12.8 Å². The number of ether oxygens (including phenoxy) is 1. The minimum atomic E-state index is -4.15. The summed E-state index contributed by atoms with van der Waals surface area (Å²) in [5.74, 6) is -0.883. The number of aliphatic hydroxyl groups is 2. The van der Waals surface area contributed by atoms with Crippen molar-refractivity contribution in [2.45, 2.75) is 29.1 Å². The van der Waals surface area contributed by atoms with E-state index in [0.717, 1.165) is 10.4 Å². The number of rotatable bonds is 5. The average molecular weight is 478 g/mol. The topological polar surface area (TPSA) is 123 Å². The number of nitriles is 1. The maximum absolute atomic E-state index is 14.2. The summed E-state index contributed by atoms with van der Waals surface area (Å²) in [7, 11) is -4.15. The predicted molar refractivity (Wildman–Crippen MR) is 107 cm³/mol. The Morgan fingerprint density at radius 3 is 2.73 bits per heavy atom. The van der Waals surface area contributed by atoms with Gasteiger partial charge in [0.05, 0.1) is 24.2 Å². The van der Waals surface area contributed by atoms with Gasteiger partial charge in [0, 0.05) is 23.8 Å². The fraction of sp³-hybridized carbons (Fsp3) is 0.389. The van der Waals surface area contributed by atoms with Crippen molar-refractivity contribution in [1.82, 2.24) is 9.62 Å². The highest BCUT2D eigenvalue weighted by molar-refractivity contribution is 7.89. The molecule has 1 aromatic carbocycles. The Bertz CT molecular complexity index is 1070. The van der Waals surface area contributed by atoms with Crippen LogP contribution in [0.25, 0.3) is 0 Å². The van der Waals surface area contributed by atoms with Crippen LogP contribution in [0.4, 0.5) is 4.39 Å². The van der Waals surface area contributed by atoms with Gasteiger partial charge in [-0.1, -0.05) is 23.2 Å². The molecule has 0 amide bonds. The van der Waals surface area contributed by atoms with Gasteiger partial charge in [0.15, 0.2) is 5.54 Å². The number of hydrogen-bond acceptors (Lipinski definition) is 7. The third-order valence-corrected chi connectivity index (χ3v) is 7.49. The Morgan fingerprint density at radius 1 is 1.47 bits per heavy atom. The van der Waals surface area contributed by atoms with Gasteiger partial charge < -0.3 is 20.3 Å². The van der Waals surface area contributed by atoms with Crippen LogP contribution in [0, 0.1) is 11.3 Å². The fourth-order valence-electron chi connectivity index (χ4n) is 3.05.